The van der Waals surface area contributed by atoms with Crippen LogP contribution in [0.4, 0.5) is 0 Å². The molecule has 0 bridgehead atoms. The fraction of sp³-hybridized carbons (Fsp3) is 0.867. The van der Waals surface area contributed by atoms with Crippen molar-refractivity contribution in [2.75, 3.05) is 0 Å². The van der Waals surface area contributed by atoms with Gasteiger partial charge in [0, 0.05) is 5.60 Å². The standard InChI is InChI=1S/C11H22O2.C4H12OSi/c1-8-9(12-10(2,3)4)13-11(5,6)7;1-4(2,3)5-6/h8-9H,1H2,2-7H3;1-3,6H3. The molecule has 0 aliphatic carbocycles. The molecular formula is C15H34O3Si. The Bertz CT molecular complexity index is 228. The summed E-state index contributed by atoms with van der Waals surface area (Å²) in [7, 11) is 0.848. The molecule has 0 N–H and O–H groups in total. The van der Waals surface area contributed by atoms with Crippen LogP contribution in [-0.4, -0.2) is 33.6 Å². The molecule has 3 nitrogen and oxygen atoms in total. The second-order valence-electron chi connectivity index (χ2n) is 7.38. The summed E-state index contributed by atoms with van der Waals surface area (Å²) in [5, 5.41) is 0. The van der Waals surface area contributed by atoms with Crippen LogP contribution in [0.2, 0.25) is 0 Å². The van der Waals surface area contributed by atoms with Crippen molar-refractivity contribution in [1.29, 1.82) is 0 Å². The smallest absolute Gasteiger partial charge is 0.177 e. The van der Waals surface area contributed by atoms with Gasteiger partial charge in [-0.05, 0) is 68.4 Å². The summed E-state index contributed by atoms with van der Waals surface area (Å²) in [5.74, 6) is 0. The first-order chi connectivity index (χ1) is 8.20. The summed E-state index contributed by atoms with van der Waals surface area (Å²) in [6.07, 6.45) is 1.34. The molecule has 0 aliphatic heterocycles. The van der Waals surface area contributed by atoms with Crippen molar-refractivity contribution in [2.45, 2.75) is 85.4 Å². The molecule has 116 valence electrons. The Labute approximate surface area is 123 Å². The van der Waals surface area contributed by atoms with Crippen LogP contribution in [0.15, 0.2) is 12.7 Å². The van der Waals surface area contributed by atoms with E-state index in [0.717, 1.165) is 10.5 Å². The molecule has 0 radical (unpaired) electrons. The fourth-order valence-electron chi connectivity index (χ4n) is 0.817. The van der Waals surface area contributed by atoms with Crippen molar-refractivity contribution in [1.82, 2.24) is 0 Å². The molecule has 0 rings (SSSR count). The van der Waals surface area contributed by atoms with Gasteiger partial charge in [0.25, 0.3) is 0 Å². The Kier molecular flexibility index (Phi) is 9.12. The number of hydrogen-bond acceptors (Lipinski definition) is 3. The van der Waals surface area contributed by atoms with Crippen LogP contribution in [0.3, 0.4) is 0 Å². The molecule has 0 heterocycles. The SMILES string of the molecule is C=CC(OC(C)(C)C)OC(C)(C)C.CC(C)(C)O[SiH3]. The largest absolute Gasteiger partial charge is 0.423 e. The molecule has 0 atom stereocenters. The van der Waals surface area contributed by atoms with E-state index < -0.39 is 0 Å². The van der Waals surface area contributed by atoms with Gasteiger partial charge in [-0.3, -0.25) is 0 Å². The molecule has 0 aliphatic rings. The second kappa shape index (κ2) is 8.20. The van der Waals surface area contributed by atoms with E-state index in [4.69, 9.17) is 13.9 Å². The van der Waals surface area contributed by atoms with Crippen LogP contribution < -0.4 is 0 Å². The van der Waals surface area contributed by atoms with Gasteiger partial charge in [0.1, 0.15) is 10.5 Å². The zero-order valence-corrected chi connectivity index (χ0v) is 16.6. The summed E-state index contributed by atoms with van der Waals surface area (Å²) in [6.45, 7) is 21.8. The van der Waals surface area contributed by atoms with E-state index in [0.29, 0.717) is 0 Å². The molecule has 0 saturated carbocycles. The zero-order chi connectivity index (χ0) is 15.9. The Balaban J connectivity index is 0. The van der Waals surface area contributed by atoms with E-state index in [1.807, 2.05) is 41.5 Å². The van der Waals surface area contributed by atoms with Gasteiger partial charge in [0.05, 0.1) is 11.2 Å². The number of rotatable bonds is 3. The molecule has 0 amide bonds. The Morgan fingerprint density at radius 3 is 1.16 bits per heavy atom. The molecule has 0 aromatic carbocycles. The molecule has 0 aromatic heterocycles. The van der Waals surface area contributed by atoms with E-state index in [9.17, 15) is 0 Å². The maximum absolute atomic E-state index is 5.62. The predicted molar refractivity (Wildman–Crippen MR) is 86.4 cm³/mol. The van der Waals surface area contributed by atoms with Gasteiger partial charge in [-0.15, -0.1) is 0 Å². The van der Waals surface area contributed by atoms with Crippen molar-refractivity contribution < 1.29 is 13.9 Å². The van der Waals surface area contributed by atoms with Gasteiger partial charge in [0.15, 0.2) is 6.29 Å². The summed E-state index contributed by atoms with van der Waals surface area (Å²) >= 11 is 0. The topological polar surface area (TPSA) is 27.7 Å². The highest BCUT2D eigenvalue weighted by Gasteiger charge is 2.21. The lowest BCUT2D eigenvalue weighted by Gasteiger charge is -2.30. The van der Waals surface area contributed by atoms with Gasteiger partial charge in [0.2, 0.25) is 0 Å². The average Bonchev–Trinajstić information content (AvgIpc) is 2.12. The van der Waals surface area contributed by atoms with Crippen LogP contribution in [0.5, 0.6) is 0 Å². The van der Waals surface area contributed by atoms with E-state index in [1.54, 1.807) is 6.08 Å². The fourth-order valence-corrected chi connectivity index (χ4v) is 0.817. The summed E-state index contributed by atoms with van der Waals surface area (Å²) in [4.78, 5) is 0. The third-order valence-corrected chi connectivity index (χ3v) is 2.97. The first-order valence-electron chi connectivity index (χ1n) is 6.73. The Morgan fingerprint density at radius 2 is 1.05 bits per heavy atom. The summed E-state index contributed by atoms with van der Waals surface area (Å²) in [5.41, 5.74) is -0.305. The molecular weight excluding hydrogens is 256 g/mol. The third kappa shape index (κ3) is 20.3. The van der Waals surface area contributed by atoms with Crippen molar-refractivity contribution in [3.05, 3.63) is 12.7 Å². The van der Waals surface area contributed by atoms with Crippen molar-refractivity contribution >= 4 is 10.5 Å². The minimum Gasteiger partial charge on any atom is -0.423 e. The highest BCUT2D eigenvalue weighted by molar-refractivity contribution is 5.98. The van der Waals surface area contributed by atoms with Crippen LogP contribution in [0.25, 0.3) is 0 Å². The van der Waals surface area contributed by atoms with Gasteiger partial charge in [-0.2, -0.15) is 0 Å². The van der Waals surface area contributed by atoms with Crippen LogP contribution in [0.1, 0.15) is 62.3 Å². The van der Waals surface area contributed by atoms with Crippen LogP contribution in [0, 0.1) is 0 Å². The van der Waals surface area contributed by atoms with E-state index in [-0.39, 0.29) is 23.1 Å². The normalized spacial score (nSPS) is 13.2. The maximum Gasteiger partial charge on any atom is 0.177 e. The van der Waals surface area contributed by atoms with Gasteiger partial charge >= 0.3 is 0 Å². The van der Waals surface area contributed by atoms with Crippen molar-refractivity contribution in [3.8, 4) is 0 Å². The van der Waals surface area contributed by atoms with Crippen molar-refractivity contribution in [3.63, 3.8) is 0 Å². The molecule has 4 heteroatoms. The van der Waals surface area contributed by atoms with Gasteiger partial charge in [-0.1, -0.05) is 6.58 Å². The van der Waals surface area contributed by atoms with Crippen LogP contribution >= 0.6 is 0 Å². The van der Waals surface area contributed by atoms with Crippen LogP contribution in [-0.2, 0) is 13.9 Å². The Hall–Kier alpha value is -0.163. The Morgan fingerprint density at radius 1 is 0.789 bits per heavy atom. The molecule has 0 fully saturated rings. The summed E-state index contributed by atoms with van der Waals surface area (Å²) < 4.78 is 16.3. The first-order valence-corrected chi connectivity index (χ1v) is 7.55. The molecule has 0 spiro atoms. The highest BCUT2D eigenvalue weighted by atomic mass is 28.2. The van der Waals surface area contributed by atoms with E-state index in [1.165, 1.54) is 0 Å². The quantitative estimate of drug-likeness (QED) is 0.454. The minimum atomic E-state index is -0.333. The maximum atomic E-state index is 5.62. The van der Waals surface area contributed by atoms with Crippen molar-refractivity contribution in [2.24, 2.45) is 0 Å². The van der Waals surface area contributed by atoms with Gasteiger partial charge < -0.3 is 13.9 Å². The first kappa shape index (κ1) is 21.1. The van der Waals surface area contributed by atoms with E-state index >= 15 is 0 Å². The second-order valence-corrected chi connectivity index (χ2v) is 7.79. The lowest BCUT2D eigenvalue weighted by Crippen LogP contribution is -2.33. The summed E-state index contributed by atoms with van der Waals surface area (Å²) in [6, 6.07) is 0. The minimum absolute atomic E-state index is 0.103. The number of hydrogen-bond donors (Lipinski definition) is 0. The highest BCUT2D eigenvalue weighted by Crippen LogP contribution is 2.17. The average molecular weight is 291 g/mol. The molecule has 0 unspecified atom stereocenters. The van der Waals surface area contributed by atoms with E-state index in [2.05, 4.69) is 27.4 Å². The molecule has 0 saturated heterocycles. The zero-order valence-electron chi connectivity index (χ0n) is 14.6. The van der Waals surface area contributed by atoms with Gasteiger partial charge in [-0.25, -0.2) is 0 Å². The molecule has 19 heavy (non-hydrogen) atoms. The lowest BCUT2D eigenvalue weighted by molar-refractivity contribution is -0.209. The monoisotopic (exact) mass is 290 g/mol. The number of ether oxygens (including phenoxy) is 2. The lowest BCUT2D eigenvalue weighted by atomic mass is 10.2. The molecule has 0 aromatic rings. The predicted octanol–water partition coefficient (Wildman–Crippen LogP) is 3.21. The third-order valence-electron chi connectivity index (χ3n) is 1.74.